The predicted molar refractivity (Wildman–Crippen MR) is 86.9 cm³/mol. The van der Waals surface area contributed by atoms with Crippen LogP contribution in [-0.2, 0) is 0 Å². The molecule has 3 N–H and O–H groups in total. The lowest BCUT2D eigenvalue weighted by Crippen LogP contribution is -2.24. The summed E-state index contributed by atoms with van der Waals surface area (Å²) in [5.41, 5.74) is 5.98. The Labute approximate surface area is 119 Å². The number of nitrogens with one attached hydrogen (secondary N) is 1. The van der Waals surface area contributed by atoms with E-state index in [0.717, 1.165) is 44.9 Å². The zero-order valence-electron chi connectivity index (χ0n) is 12.2. The highest BCUT2D eigenvalue weighted by atomic mass is 14.9. The number of nitrogens with two attached hydrogens (primary N) is 1. The second-order valence-corrected chi connectivity index (χ2v) is 4.86. The molecule has 2 heteroatoms. The molecule has 0 rings (SSSR count). The van der Waals surface area contributed by atoms with Gasteiger partial charge in [0.15, 0.2) is 0 Å². The Balaban J connectivity index is 3.89. The van der Waals surface area contributed by atoms with Gasteiger partial charge in [-0.05, 0) is 51.1 Å². The van der Waals surface area contributed by atoms with Crippen molar-refractivity contribution in [2.24, 2.45) is 5.73 Å². The van der Waals surface area contributed by atoms with Crippen molar-refractivity contribution in [1.82, 2.24) is 5.32 Å². The van der Waals surface area contributed by atoms with Gasteiger partial charge in [0.2, 0.25) is 0 Å². The minimum Gasteiger partial charge on any atom is -0.388 e. The van der Waals surface area contributed by atoms with Gasteiger partial charge in [0.25, 0.3) is 0 Å². The molecule has 0 aromatic carbocycles. The van der Waals surface area contributed by atoms with Crippen molar-refractivity contribution < 1.29 is 0 Å². The van der Waals surface area contributed by atoms with Crippen LogP contribution in [0.1, 0.15) is 44.9 Å². The largest absolute Gasteiger partial charge is 0.388 e. The highest BCUT2D eigenvalue weighted by Crippen LogP contribution is 2.06. The van der Waals surface area contributed by atoms with E-state index >= 15 is 0 Å². The van der Waals surface area contributed by atoms with Crippen LogP contribution in [0.4, 0.5) is 0 Å². The van der Waals surface area contributed by atoms with E-state index in [9.17, 15) is 0 Å². The molecule has 108 valence electrons. The van der Waals surface area contributed by atoms with E-state index in [-0.39, 0.29) is 6.04 Å². The van der Waals surface area contributed by atoms with Crippen molar-refractivity contribution in [3.8, 4) is 0 Å². The van der Waals surface area contributed by atoms with E-state index in [1.54, 1.807) is 0 Å². The Hall–Kier alpha value is -1.28. The third kappa shape index (κ3) is 11.5. The summed E-state index contributed by atoms with van der Waals surface area (Å²) in [5.74, 6) is 0. The monoisotopic (exact) mass is 262 g/mol. The summed E-state index contributed by atoms with van der Waals surface area (Å²) in [6.45, 7) is 11.2. The van der Waals surface area contributed by atoms with Crippen LogP contribution in [0, 0.1) is 0 Å². The summed E-state index contributed by atoms with van der Waals surface area (Å²) in [5, 5.41) is 3.45. The fourth-order valence-corrected chi connectivity index (χ4v) is 1.85. The van der Waals surface area contributed by atoms with Gasteiger partial charge in [0, 0.05) is 12.1 Å². The van der Waals surface area contributed by atoms with Gasteiger partial charge in [0.1, 0.15) is 0 Å². The highest BCUT2D eigenvalue weighted by Gasteiger charge is 2.03. The van der Waals surface area contributed by atoms with Crippen LogP contribution in [0.5, 0.6) is 0 Å². The lowest BCUT2D eigenvalue weighted by molar-refractivity contribution is 0.513. The maximum atomic E-state index is 5.98. The average Bonchev–Trinajstić information content (AvgIpc) is 2.43. The fourth-order valence-electron chi connectivity index (χ4n) is 1.85. The summed E-state index contributed by atoms with van der Waals surface area (Å²) in [7, 11) is 0. The van der Waals surface area contributed by atoms with Crippen molar-refractivity contribution in [3.63, 3.8) is 0 Å². The summed E-state index contributed by atoms with van der Waals surface area (Å²) in [6.07, 6.45) is 17.3. The minimum atomic E-state index is 0.232. The Morgan fingerprint density at radius 2 is 1.42 bits per heavy atom. The Morgan fingerprint density at radius 3 is 1.95 bits per heavy atom. The summed E-state index contributed by atoms with van der Waals surface area (Å²) >= 11 is 0. The standard InChI is InChI=1S/C17H30N2/c1-4-7-11-16(18)12-10-15-19-17(13-8-5-2)14-9-6-3/h4-6,10,15-17,19H,1-3,7-9,11-14,18H2/b15-10+. The van der Waals surface area contributed by atoms with Crippen LogP contribution in [0.15, 0.2) is 50.2 Å². The van der Waals surface area contributed by atoms with Crippen LogP contribution < -0.4 is 11.1 Å². The van der Waals surface area contributed by atoms with Crippen molar-refractivity contribution in [1.29, 1.82) is 0 Å². The molecule has 19 heavy (non-hydrogen) atoms. The Morgan fingerprint density at radius 1 is 0.895 bits per heavy atom. The molecular weight excluding hydrogens is 232 g/mol. The summed E-state index contributed by atoms with van der Waals surface area (Å²) in [4.78, 5) is 0. The lowest BCUT2D eigenvalue weighted by atomic mass is 10.1. The second-order valence-electron chi connectivity index (χ2n) is 4.86. The summed E-state index contributed by atoms with van der Waals surface area (Å²) < 4.78 is 0. The van der Waals surface area contributed by atoms with E-state index in [1.165, 1.54) is 0 Å². The maximum absolute atomic E-state index is 5.98. The molecule has 2 nitrogen and oxygen atoms in total. The first kappa shape index (κ1) is 17.7. The van der Waals surface area contributed by atoms with E-state index in [2.05, 4.69) is 31.1 Å². The van der Waals surface area contributed by atoms with Gasteiger partial charge in [-0.25, -0.2) is 0 Å². The smallest absolute Gasteiger partial charge is 0.0261 e. The van der Waals surface area contributed by atoms with E-state index in [0.29, 0.717) is 6.04 Å². The van der Waals surface area contributed by atoms with Crippen molar-refractivity contribution in [3.05, 3.63) is 50.2 Å². The Bertz CT molecular complexity index is 256. The molecular formula is C17H30N2. The molecule has 0 saturated carbocycles. The molecule has 1 atom stereocenters. The van der Waals surface area contributed by atoms with Gasteiger partial charge in [0.05, 0.1) is 0 Å². The molecule has 0 bridgehead atoms. The van der Waals surface area contributed by atoms with Gasteiger partial charge < -0.3 is 11.1 Å². The molecule has 0 heterocycles. The lowest BCUT2D eigenvalue weighted by Gasteiger charge is -2.16. The Kier molecular flexibility index (Phi) is 12.3. The first-order valence-corrected chi connectivity index (χ1v) is 7.23. The van der Waals surface area contributed by atoms with Crippen LogP contribution in [0.3, 0.4) is 0 Å². The third-order valence-electron chi connectivity index (χ3n) is 3.07. The zero-order valence-corrected chi connectivity index (χ0v) is 12.2. The molecule has 0 aliphatic rings. The molecule has 0 aliphatic heterocycles. The molecule has 0 radical (unpaired) electrons. The topological polar surface area (TPSA) is 38.0 Å². The quantitative estimate of drug-likeness (QED) is 0.491. The molecule has 0 aromatic heterocycles. The normalized spacial score (nSPS) is 12.5. The van der Waals surface area contributed by atoms with E-state index in [4.69, 9.17) is 5.73 Å². The molecule has 0 aliphatic carbocycles. The predicted octanol–water partition coefficient (Wildman–Crippen LogP) is 4.07. The van der Waals surface area contributed by atoms with Gasteiger partial charge >= 0.3 is 0 Å². The highest BCUT2D eigenvalue weighted by molar-refractivity contribution is 4.88. The van der Waals surface area contributed by atoms with Gasteiger partial charge in [-0.3, -0.25) is 0 Å². The molecule has 0 spiro atoms. The van der Waals surface area contributed by atoms with Crippen LogP contribution in [-0.4, -0.2) is 12.1 Å². The van der Waals surface area contributed by atoms with Gasteiger partial charge in [-0.1, -0.05) is 24.3 Å². The molecule has 0 fully saturated rings. The van der Waals surface area contributed by atoms with Crippen LogP contribution in [0.25, 0.3) is 0 Å². The van der Waals surface area contributed by atoms with Crippen LogP contribution >= 0.6 is 0 Å². The van der Waals surface area contributed by atoms with Gasteiger partial charge in [-0.15, -0.1) is 19.7 Å². The van der Waals surface area contributed by atoms with Crippen molar-refractivity contribution >= 4 is 0 Å². The molecule has 1 unspecified atom stereocenters. The fraction of sp³-hybridized carbons (Fsp3) is 0.529. The summed E-state index contributed by atoms with van der Waals surface area (Å²) in [6, 6.07) is 0.729. The molecule has 0 saturated heterocycles. The number of hydrogen-bond acceptors (Lipinski definition) is 2. The van der Waals surface area contributed by atoms with Gasteiger partial charge in [-0.2, -0.15) is 0 Å². The molecule has 0 amide bonds. The third-order valence-corrected chi connectivity index (χ3v) is 3.07. The van der Waals surface area contributed by atoms with E-state index in [1.807, 2.05) is 24.4 Å². The zero-order chi connectivity index (χ0) is 14.3. The second kappa shape index (κ2) is 13.2. The first-order chi connectivity index (χ1) is 9.24. The van der Waals surface area contributed by atoms with E-state index < -0.39 is 0 Å². The number of allylic oxidation sites excluding steroid dienone is 3. The first-order valence-electron chi connectivity index (χ1n) is 7.23. The number of rotatable bonds is 13. The van der Waals surface area contributed by atoms with Crippen molar-refractivity contribution in [2.45, 2.75) is 57.0 Å². The molecule has 0 aromatic rings. The number of hydrogen-bond donors (Lipinski definition) is 2. The maximum Gasteiger partial charge on any atom is 0.0261 e. The van der Waals surface area contributed by atoms with Crippen LogP contribution in [0.2, 0.25) is 0 Å². The average molecular weight is 262 g/mol. The van der Waals surface area contributed by atoms with Crippen molar-refractivity contribution in [2.75, 3.05) is 0 Å². The SMILES string of the molecule is C=CCCC(N)C/C=C/NC(CCC=C)CCC=C. The minimum absolute atomic E-state index is 0.232.